The fourth-order valence-electron chi connectivity index (χ4n) is 0.438. The molecule has 8 heteroatoms. The Kier molecular flexibility index (Phi) is 7.16. The minimum atomic E-state index is -1.43. The summed E-state index contributed by atoms with van der Waals surface area (Å²) in [6.45, 7) is -0.652. The molecule has 2 unspecified atom stereocenters. The molecular weight excluding hydrogens is 277 g/mol. The maximum absolute atomic E-state index is 11.0. The zero-order valence-corrected chi connectivity index (χ0v) is 9.69. The summed E-state index contributed by atoms with van der Waals surface area (Å²) in [6, 6.07) is -0.909. The van der Waals surface area contributed by atoms with Crippen LogP contribution in [-0.2, 0) is 9.59 Å². The fourth-order valence-corrected chi connectivity index (χ4v) is 2.33. The summed E-state index contributed by atoms with van der Waals surface area (Å²) in [4.78, 5) is 21.4. The number of thiol groups is 1. The van der Waals surface area contributed by atoms with Crippen molar-refractivity contribution >= 4 is 38.5 Å². The van der Waals surface area contributed by atoms with Gasteiger partial charge in [-0.3, -0.25) is 0 Å². The number of carbonyl (C=O) groups is 2. The van der Waals surface area contributed by atoms with E-state index in [-0.39, 0.29) is 5.75 Å². The van der Waals surface area contributed by atoms with Crippen LogP contribution in [0.15, 0.2) is 0 Å². The molecule has 0 saturated heterocycles. The van der Waals surface area contributed by atoms with Gasteiger partial charge in [0.15, 0.2) is 0 Å². The second-order valence-electron chi connectivity index (χ2n) is 2.31. The van der Waals surface area contributed by atoms with E-state index in [1.165, 1.54) is 0 Å². The normalized spacial score (nSPS) is 14.8. The van der Waals surface area contributed by atoms with Crippen molar-refractivity contribution in [3.8, 4) is 0 Å². The first-order valence-electron chi connectivity index (χ1n) is 3.61. The first-order chi connectivity index (χ1) is 6.52. The van der Waals surface area contributed by atoms with Crippen LogP contribution >= 0.6 is 12.6 Å². The summed E-state index contributed by atoms with van der Waals surface area (Å²) < 4.78 is 1.86. The van der Waals surface area contributed by atoms with Gasteiger partial charge >= 0.3 is 92.2 Å². The number of nitrogens with one attached hydrogen (secondary N) is 1. The number of carboxylic acids is 1. The van der Waals surface area contributed by atoms with Gasteiger partial charge in [0.05, 0.1) is 0 Å². The van der Waals surface area contributed by atoms with Crippen molar-refractivity contribution in [3.63, 3.8) is 0 Å². The van der Waals surface area contributed by atoms with Crippen LogP contribution in [0.3, 0.4) is 0 Å². The predicted octanol–water partition coefficient (Wildman–Crippen LogP) is -2.54. The SMILES string of the molecule is O=C([Se]NC(CS)C(=O)O)C(O)CO. The zero-order chi connectivity index (χ0) is 11.1. The summed E-state index contributed by atoms with van der Waals surface area (Å²) in [7, 11) is 0. The standard InChI is InChI=1S/C6H11NO5SSe/c8-1-4(9)6(12)14-7-3(2-13)5(10)11/h3-4,7-9,13H,1-2H2,(H,10,11). The van der Waals surface area contributed by atoms with Crippen LogP contribution in [0, 0.1) is 0 Å². The monoisotopic (exact) mass is 289 g/mol. The van der Waals surface area contributed by atoms with Crippen molar-refractivity contribution in [2.75, 3.05) is 12.4 Å². The fraction of sp³-hybridized carbons (Fsp3) is 0.667. The van der Waals surface area contributed by atoms with Crippen LogP contribution in [-0.4, -0.2) is 65.7 Å². The third-order valence-electron chi connectivity index (χ3n) is 1.23. The van der Waals surface area contributed by atoms with Crippen molar-refractivity contribution in [1.29, 1.82) is 0 Å². The molecule has 0 radical (unpaired) electrons. The molecular formula is C6H11NO5SSe. The molecule has 2 atom stereocenters. The van der Waals surface area contributed by atoms with Gasteiger partial charge in [0, 0.05) is 0 Å². The molecule has 0 aliphatic carbocycles. The van der Waals surface area contributed by atoms with Crippen molar-refractivity contribution in [1.82, 2.24) is 4.33 Å². The molecule has 82 valence electrons. The molecule has 0 aromatic heterocycles. The molecule has 0 rings (SSSR count). The predicted molar refractivity (Wildman–Crippen MR) is 52.3 cm³/mol. The van der Waals surface area contributed by atoms with E-state index < -0.39 is 44.6 Å². The number of carbonyl (C=O) groups excluding carboxylic acids is 1. The molecule has 4 N–H and O–H groups in total. The minimum absolute atomic E-state index is 0.0551. The van der Waals surface area contributed by atoms with Crippen molar-refractivity contribution in [3.05, 3.63) is 0 Å². The molecule has 0 heterocycles. The van der Waals surface area contributed by atoms with Gasteiger partial charge in [-0.2, -0.15) is 0 Å². The number of hydrogen-bond donors (Lipinski definition) is 5. The molecule has 14 heavy (non-hydrogen) atoms. The molecule has 0 aromatic rings. The van der Waals surface area contributed by atoms with E-state index in [0.717, 1.165) is 0 Å². The second kappa shape index (κ2) is 7.22. The van der Waals surface area contributed by atoms with Gasteiger partial charge in [0.2, 0.25) is 0 Å². The van der Waals surface area contributed by atoms with E-state index in [1.54, 1.807) is 0 Å². The second-order valence-corrected chi connectivity index (χ2v) is 4.44. The molecule has 6 nitrogen and oxygen atoms in total. The van der Waals surface area contributed by atoms with Gasteiger partial charge < -0.3 is 0 Å². The molecule has 0 saturated carbocycles. The molecule has 0 spiro atoms. The summed E-state index contributed by atoms with van der Waals surface area (Å²) in [6.07, 6.45) is -1.43. The average molecular weight is 288 g/mol. The number of aliphatic hydroxyl groups excluding tert-OH is 2. The van der Waals surface area contributed by atoms with Crippen LogP contribution in [0.5, 0.6) is 0 Å². The Morgan fingerprint density at radius 3 is 2.43 bits per heavy atom. The van der Waals surface area contributed by atoms with Crippen molar-refractivity contribution < 1.29 is 24.9 Å². The first kappa shape index (κ1) is 13.9. The molecule has 0 aliphatic heterocycles. The average Bonchev–Trinajstić information content (AvgIpc) is 2.16. The Hall–Kier alpha value is -0.111. The summed E-state index contributed by atoms with van der Waals surface area (Å²) in [5, 5.41) is 25.8. The van der Waals surface area contributed by atoms with Crippen LogP contribution in [0.4, 0.5) is 0 Å². The summed E-state index contributed by atoms with van der Waals surface area (Å²) >= 11 is 2.91. The van der Waals surface area contributed by atoms with E-state index in [9.17, 15) is 9.59 Å². The number of hydrogen-bond acceptors (Lipinski definition) is 6. The molecule has 0 bridgehead atoms. The third kappa shape index (κ3) is 4.94. The Morgan fingerprint density at radius 1 is 1.50 bits per heavy atom. The van der Waals surface area contributed by atoms with Crippen LogP contribution in [0.1, 0.15) is 0 Å². The number of carboxylic acid groups (broad SMARTS) is 1. The summed E-state index contributed by atoms with van der Waals surface area (Å²) in [5.41, 5.74) is 0. The van der Waals surface area contributed by atoms with E-state index >= 15 is 0 Å². The van der Waals surface area contributed by atoms with Gasteiger partial charge in [-0.25, -0.2) is 0 Å². The number of aliphatic carboxylic acids is 1. The van der Waals surface area contributed by atoms with Crippen LogP contribution in [0.2, 0.25) is 0 Å². The topological polar surface area (TPSA) is 107 Å². The van der Waals surface area contributed by atoms with E-state index in [1.807, 2.05) is 0 Å². The number of aliphatic hydroxyl groups is 2. The van der Waals surface area contributed by atoms with Crippen LogP contribution < -0.4 is 4.33 Å². The van der Waals surface area contributed by atoms with Gasteiger partial charge in [0.25, 0.3) is 0 Å². The van der Waals surface area contributed by atoms with E-state index in [0.29, 0.717) is 0 Å². The Balaban J connectivity index is 3.91. The van der Waals surface area contributed by atoms with Gasteiger partial charge in [0.1, 0.15) is 0 Å². The third-order valence-corrected chi connectivity index (χ3v) is 3.43. The quantitative estimate of drug-likeness (QED) is 0.261. The van der Waals surface area contributed by atoms with Crippen molar-refractivity contribution in [2.24, 2.45) is 0 Å². The van der Waals surface area contributed by atoms with Crippen molar-refractivity contribution in [2.45, 2.75) is 12.1 Å². The Labute approximate surface area is 92.5 Å². The Bertz CT molecular complexity index is 214. The molecule has 0 amide bonds. The van der Waals surface area contributed by atoms with E-state index in [2.05, 4.69) is 17.0 Å². The van der Waals surface area contributed by atoms with Gasteiger partial charge in [-0.15, -0.1) is 0 Å². The first-order valence-corrected chi connectivity index (χ1v) is 5.96. The Morgan fingerprint density at radius 2 is 2.07 bits per heavy atom. The number of rotatable bonds is 7. The molecule has 0 fully saturated rings. The maximum atomic E-state index is 11.0. The molecule has 0 aromatic carbocycles. The van der Waals surface area contributed by atoms with Crippen LogP contribution in [0.25, 0.3) is 0 Å². The molecule has 0 aliphatic rings. The van der Waals surface area contributed by atoms with Gasteiger partial charge in [-0.05, 0) is 0 Å². The van der Waals surface area contributed by atoms with Gasteiger partial charge in [-0.1, -0.05) is 0 Å². The van der Waals surface area contributed by atoms with E-state index in [4.69, 9.17) is 15.3 Å². The zero-order valence-electron chi connectivity index (χ0n) is 7.08. The summed E-state index contributed by atoms with van der Waals surface area (Å²) in [5.74, 6) is -1.05.